The van der Waals surface area contributed by atoms with E-state index in [2.05, 4.69) is 24.8 Å². The van der Waals surface area contributed by atoms with Gasteiger partial charge in [0.15, 0.2) is 0 Å². The lowest BCUT2D eigenvalue weighted by atomic mass is 9.95. The predicted octanol–water partition coefficient (Wildman–Crippen LogP) is 1.65. The summed E-state index contributed by atoms with van der Waals surface area (Å²) in [6, 6.07) is 1.96. The Labute approximate surface area is 106 Å². The van der Waals surface area contributed by atoms with Gasteiger partial charge in [-0.2, -0.15) is 0 Å². The molecule has 3 heterocycles. The Morgan fingerprint density at radius 2 is 2.11 bits per heavy atom. The quantitative estimate of drug-likeness (QED) is 0.800. The first-order valence-electron chi connectivity index (χ1n) is 6.20. The van der Waals surface area contributed by atoms with E-state index in [-0.39, 0.29) is 0 Å². The molecule has 0 spiro atoms. The molecule has 0 amide bonds. The number of rotatable bonds is 2. The monoisotopic (exact) mass is 241 g/mol. The van der Waals surface area contributed by atoms with Gasteiger partial charge < -0.3 is 4.90 Å². The molecule has 1 aliphatic rings. The Kier molecular flexibility index (Phi) is 3.12. The van der Waals surface area contributed by atoms with E-state index < -0.39 is 0 Å². The van der Waals surface area contributed by atoms with E-state index in [1.807, 2.05) is 12.3 Å². The SMILES string of the molecule is c1cc(N2CCCC(c3cnccn3)C2)ncn1. The van der Waals surface area contributed by atoms with Crippen molar-refractivity contribution >= 4 is 5.82 Å². The molecule has 5 heteroatoms. The summed E-state index contributed by atoms with van der Waals surface area (Å²) in [4.78, 5) is 19.1. The lowest BCUT2D eigenvalue weighted by Gasteiger charge is -2.33. The fourth-order valence-corrected chi connectivity index (χ4v) is 2.42. The van der Waals surface area contributed by atoms with Crippen molar-refractivity contribution in [2.75, 3.05) is 18.0 Å². The van der Waals surface area contributed by atoms with Crippen molar-refractivity contribution < 1.29 is 0 Å². The van der Waals surface area contributed by atoms with E-state index in [0.29, 0.717) is 5.92 Å². The Bertz CT molecular complexity index is 442. The van der Waals surface area contributed by atoms with Crippen LogP contribution in [0.4, 0.5) is 5.82 Å². The summed E-state index contributed by atoms with van der Waals surface area (Å²) < 4.78 is 0. The Balaban J connectivity index is 1.77. The van der Waals surface area contributed by atoms with Crippen molar-refractivity contribution in [2.24, 2.45) is 0 Å². The summed E-state index contributed by atoms with van der Waals surface area (Å²) in [6.07, 6.45) is 11.1. The van der Waals surface area contributed by atoms with Gasteiger partial charge in [0.1, 0.15) is 12.1 Å². The second kappa shape index (κ2) is 5.08. The van der Waals surface area contributed by atoms with Crippen molar-refractivity contribution in [3.63, 3.8) is 0 Å². The third-order valence-electron chi connectivity index (χ3n) is 3.31. The molecule has 5 nitrogen and oxygen atoms in total. The highest BCUT2D eigenvalue weighted by Gasteiger charge is 2.23. The molecular weight excluding hydrogens is 226 g/mol. The van der Waals surface area contributed by atoms with Gasteiger partial charge in [0.05, 0.1) is 5.69 Å². The molecule has 2 aromatic heterocycles. The van der Waals surface area contributed by atoms with Gasteiger partial charge in [0.25, 0.3) is 0 Å². The largest absolute Gasteiger partial charge is 0.356 e. The summed E-state index contributed by atoms with van der Waals surface area (Å²) >= 11 is 0. The lowest BCUT2D eigenvalue weighted by molar-refractivity contribution is 0.497. The number of nitrogens with zero attached hydrogens (tertiary/aromatic N) is 5. The Morgan fingerprint density at radius 1 is 1.11 bits per heavy atom. The van der Waals surface area contributed by atoms with E-state index in [0.717, 1.165) is 31.0 Å². The smallest absolute Gasteiger partial charge is 0.131 e. The third kappa shape index (κ3) is 2.30. The van der Waals surface area contributed by atoms with Gasteiger partial charge in [-0.15, -0.1) is 0 Å². The first-order chi connectivity index (χ1) is 8.93. The highest BCUT2D eigenvalue weighted by molar-refractivity contribution is 5.38. The van der Waals surface area contributed by atoms with Gasteiger partial charge in [0, 0.05) is 43.8 Å². The normalized spacial score (nSPS) is 19.8. The van der Waals surface area contributed by atoms with Gasteiger partial charge >= 0.3 is 0 Å². The van der Waals surface area contributed by atoms with E-state index in [4.69, 9.17) is 0 Å². The molecule has 92 valence electrons. The number of hydrogen-bond acceptors (Lipinski definition) is 5. The first-order valence-corrected chi connectivity index (χ1v) is 6.20. The van der Waals surface area contributed by atoms with Crippen LogP contribution in [0.25, 0.3) is 0 Å². The van der Waals surface area contributed by atoms with Crippen molar-refractivity contribution in [2.45, 2.75) is 18.8 Å². The van der Waals surface area contributed by atoms with Crippen LogP contribution in [0, 0.1) is 0 Å². The van der Waals surface area contributed by atoms with Gasteiger partial charge in [-0.1, -0.05) is 0 Å². The van der Waals surface area contributed by atoms with Crippen LogP contribution in [0.1, 0.15) is 24.5 Å². The molecule has 1 saturated heterocycles. The summed E-state index contributed by atoms with van der Waals surface area (Å²) in [5.74, 6) is 1.45. The summed E-state index contributed by atoms with van der Waals surface area (Å²) in [7, 11) is 0. The van der Waals surface area contributed by atoms with Crippen molar-refractivity contribution in [3.8, 4) is 0 Å². The maximum Gasteiger partial charge on any atom is 0.131 e. The van der Waals surface area contributed by atoms with E-state index in [1.165, 1.54) is 6.42 Å². The summed E-state index contributed by atoms with van der Waals surface area (Å²) in [5, 5.41) is 0. The van der Waals surface area contributed by atoms with Crippen molar-refractivity contribution in [1.29, 1.82) is 0 Å². The Morgan fingerprint density at radius 3 is 2.89 bits per heavy atom. The summed E-state index contributed by atoms with van der Waals surface area (Å²) in [6.45, 7) is 2.00. The minimum absolute atomic E-state index is 0.447. The zero-order valence-electron chi connectivity index (χ0n) is 10.1. The molecule has 3 rings (SSSR count). The van der Waals surface area contributed by atoms with Crippen LogP contribution in [0.15, 0.2) is 37.2 Å². The average Bonchev–Trinajstić information content (AvgIpc) is 2.49. The Hall–Kier alpha value is -2.04. The molecule has 0 saturated carbocycles. The molecule has 0 radical (unpaired) electrons. The van der Waals surface area contributed by atoms with Crippen LogP contribution >= 0.6 is 0 Å². The molecule has 18 heavy (non-hydrogen) atoms. The fraction of sp³-hybridized carbons (Fsp3) is 0.385. The highest BCUT2D eigenvalue weighted by Crippen LogP contribution is 2.27. The van der Waals surface area contributed by atoms with E-state index in [9.17, 15) is 0 Å². The third-order valence-corrected chi connectivity index (χ3v) is 3.31. The molecule has 1 aliphatic heterocycles. The van der Waals surface area contributed by atoms with Crippen molar-refractivity contribution in [3.05, 3.63) is 42.9 Å². The zero-order chi connectivity index (χ0) is 12.2. The maximum atomic E-state index is 4.41. The van der Waals surface area contributed by atoms with Crippen LogP contribution in [0.5, 0.6) is 0 Å². The number of hydrogen-bond donors (Lipinski definition) is 0. The second-order valence-corrected chi connectivity index (χ2v) is 4.48. The van der Waals surface area contributed by atoms with E-state index in [1.54, 1.807) is 24.9 Å². The first kappa shape index (κ1) is 11.1. The number of piperidine rings is 1. The minimum atomic E-state index is 0.447. The van der Waals surface area contributed by atoms with Crippen LogP contribution in [-0.4, -0.2) is 33.0 Å². The molecule has 0 N–H and O–H groups in total. The van der Waals surface area contributed by atoms with E-state index >= 15 is 0 Å². The van der Waals surface area contributed by atoms with Crippen molar-refractivity contribution in [1.82, 2.24) is 19.9 Å². The van der Waals surface area contributed by atoms with Gasteiger partial charge in [-0.3, -0.25) is 9.97 Å². The molecule has 0 aromatic carbocycles. The van der Waals surface area contributed by atoms with Crippen LogP contribution < -0.4 is 4.90 Å². The molecular formula is C13H15N5. The number of anilines is 1. The van der Waals surface area contributed by atoms with Crippen LogP contribution in [-0.2, 0) is 0 Å². The zero-order valence-corrected chi connectivity index (χ0v) is 10.1. The number of aromatic nitrogens is 4. The van der Waals surface area contributed by atoms with Gasteiger partial charge in [-0.05, 0) is 18.9 Å². The summed E-state index contributed by atoms with van der Waals surface area (Å²) in [5.41, 5.74) is 1.08. The second-order valence-electron chi connectivity index (χ2n) is 4.48. The van der Waals surface area contributed by atoms with Crippen LogP contribution in [0.3, 0.4) is 0 Å². The minimum Gasteiger partial charge on any atom is -0.356 e. The molecule has 2 aromatic rings. The predicted molar refractivity (Wildman–Crippen MR) is 68.3 cm³/mol. The molecule has 0 aliphatic carbocycles. The highest BCUT2D eigenvalue weighted by atomic mass is 15.2. The molecule has 0 bridgehead atoms. The fourth-order valence-electron chi connectivity index (χ4n) is 2.42. The van der Waals surface area contributed by atoms with Crippen LogP contribution in [0.2, 0.25) is 0 Å². The van der Waals surface area contributed by atoms with Gasteiger partial charge in [-0.25, -0.2) is 9.97 Å². The standard InChI is InChI=1S/C13H15N5/c1-2-11(12-8-14-5-6-16-12)9-18(7-1)13-3-4-15-10-17-13/h3-6,8,10-11H,1-2,7,9H2. The van der Waals surface area contributed by atoms with Gasteiger partial charge in [0.2, 0.25) is 0 Å². The molecule has 1 atom stereocenters. The maximum absolute atomic E-state index is 4.41. The molecule has 1 fully saturated rings. The lowest BCUT2D eigenvalue weighted by Crippen LogP contribution is -2.35. The average molecular weight is 241 g/mol. The topological polar surface area (TPSA) is 54.8 Å². The molecule has 1 unspecified atom stereocenters.